The van der Waals surface area contributed by atoms with Crippen LogP contribution < -0.4 is 5.32 Å². The summed E-state index contributed by atoms with van der Waals surface area (Å²) in [5.74, 6) is -1.85. The second-order valence-corrected chi connectivity index (χ2v) is 9.98. The number of carboxylic acids is 1. The normalized spacial score (nSPS) is 13.4. The Bertz CT molecular complexity index is 1480. The SMILES string of the molecule is CC(NC(=O)OCC1c2ccccc2-c2ccccc21)(C(=O)N(CC(=O)O)Cc1ccccc1)c1ccccc1. The number of nitrogens with one attached hydrogen (secondary N) is 1. The van der Waals surface area contributed by atoms with Crippen LogP contribution in [0.2, 0.25) is 0 Å². The molecule has 1 unspecified atom stereocenters. The largest absolute Gasteiger partial charge is 0.480 e. The van der Waals surface area contributed by atoms with Crippen molar-refractivity contribution in [3.8, 4) is 11.1 Å². The number of carbonyl (C=O) groups excluding carboxylic acids is 2. The van der Waals surface area contributed by atoms with Gasteiger partial charge in [0.2, 0.25) is 0 Å². The first-order chi connectivity index (χ1) is 19.4. The van der Waals surface area contributed by atoms with Gasteiger partial charge < -0.3 is 20.1 Å². The Kier molecular flexibility index (Phi) is 7.64. The first-order valence-electron chi connectivity index (χ1n) is 13.1. The van der Waals surface area contributed by atoms with Crippen LogP contribution in [0.5, 0.6) is 0 Å². The van der Waals surface area contributed by atoms with Gasteiger partial charge >= 0.3 is 12.1 Å². The van der Waals surface area contributed by atoms with Gasteiger partial charge in [-0.2, -0.15) is 0 Å². The van der Waals surface area contributed by atoms with Crippen LogP contribution in [0.15, 0.2) is 109 Å². The van der Waals surface area contributed by atoms with Crippen molar-refractivity contribution >= 4 is 18.0 Å². The van der Waals surface area contributed by atoms with Crippen LogP contribution in [0.25, 0.3) is 11.1 Å². The molecule has 202 valence electrons. The van der Waals surface area contributed by atoms with Crippen LogP contribution in [-0.2, 0) is 26.4 Å². The first-order valence-corrected chi connectivity index (χ1v) is 13.1. The highest BCUT2D eigenvalue weighted by atomic mass is 16.5. The predicted octanol–water partition coefficient (Wildman–Crippen LogP) is 5.55. The van der Waals surface area contributed by atoms with E-state index in [1.165, 1.54) is 4.90 Å². The number of fused-ring (bicyclic) bond motifs is 3. The van der Waals surface area contributed by atoms with Gasteiger partial charge in [-0.15, -0.1) is 0 Å². The fourth-order valence-electron chi connectivity index (χ4n) is 5.34. The summed E-state index contributed by atoms with van der Waals surface area (Å²) < 4.78 is 5.75. The lowest BCUT2D eigenvalue weighted by Crippen LogP contribution is -2.56. The summed E-state index contributed by atoms with van der Waals surface area (Å²) in [7, 11) is 0. The van der Waals surface area contributed by atoms with Crippen molar-refractivity contribution in [1.29, 1.82) is 0 Å². The number of carbonyl (C=O) groups is 3. The molecule has 0 fully saturated rings. The van der Waals surface area contributed by atoms with E-state index in [4.69, 9.17) is 4.74 Å². The minimum Gasteiger partial charge on any atom is -0.480 e. The number of hydrogen-bond acceptors (Lipinski definition) is 4. The smallest absolute Gasteiger partial charge is 0.408 e. The van der Waals surface area contributed by atoms with E-state index >= 15 is 0 Å². The number of benzene rings is 4. The summed E-state index contributed by atoms with van der Waals surface area (Å²) in [6.07, 6.45) is -0.767. The van der Waals surface area contributed by atoms with Crippen LogP contribution in [-0.4, -0.2) is 41.1 Å². The van der Waals surface area contributed by atoms with E-state index in [-0.39, 0.29) is 19.1 Å². The number of carboxylic acid groups (broad SMARTS) is 1. The lowest BCUT2D eigenvalue weighted by Gasteiger charge is -2.35. The summed E-state index contributed by atoms with van der Waals surface area (Å²) in [5.41, 5.74) is 4.09. The third-order valence-electron chi connectivity index (χ3n) is 7.30. The van der Waals surface area contributed by atoms with E-state index < -0.39 is 30.1 Å². The molecule has 2 amide bonds. The van der Waals surface area contributed by atoms with Crippen molar-refractivity contribution in [3.63, 3.8) is 0 Å². The molecule has 1 aliphatic rings. The Labute approximate surface area is 233 Å². The van der Waals surface area contributed by atoms with Gasteiger partial charge in [0.15, 0.2) is 0 Å². The number of amides is 2. The molecule has 4 aromatic carbocycles. The van der Waals surface area contributed by atoms with E-state index in [0.717, 1.165) is 27.8 Å². The summed E-state index contributed by atoms with van der Waals surface area (Å²) in [6.45, 7) is 1.21. The molecule has 0 spiro atoms. The van der Waals surface area contributed by atoms with Gasteiger partial charge in [-0.1, -0.05) is 109 Å². The minimum absolute atomic E-state index is 0.0702. The number of nitrogens with zero attached hydrogens (tertiary/aromatic N) is 1. The molecule has 1 aliphatic carbocycles. The van der Waals surface area contributed by atoms with Crippen molar-refractivity contribution in [1.82, 2.24) is 10.2 Å². The van der Waals surface area contributed by atoms with E-state index in [1.807, 2.05) is 66.7 Å². The zero-order valence-corrected chi connectivity index (χ0v) is 22.1. The van der Waals surface area contributed by atoms with Crippen LogP contribution >= 0.6 is 0 Å². The Morgan fingerprint density at radius 1 is 0.800 bits per heavy atom. The van der Waals surface area contributed by atoms with Crippen LogP contribution in [0, 0.1) is 0 Å². The van der Waals surface area contributed by atoms with Crippen molar-refractivity contribution in [3.05, 3.63) is 131 Å². The quantitative estimate of drug-likeness (QED) is 0.293. The summed E-state index contributed by atoms with van der Waals surface area (Å²) in [5, 5.41) is 12.4. The lowest BCUT2D eigenvalue weighted by atomic mass is 9.90. The highest BCUT2D eigenvalue weighted by Crippen LogP contribution is 2.44. The summed E-state index contributed by atoms with van der Waals surface area (Å²) in [4.78, 5) is 40.3. The number of hydrogen-bond donors (Lipinski definition) is 2. The van der Waals surface area contributed by atoms with Crippen LogP contribution in [0.4, 0.5) is 4.79 Å². The molecular weight excluding hydrogens is 504 g/mol. The molecule has 0 aliphatic heterocycles. The molecule has 1 atom stereocenters. The third kappa shape index (κ3) is 5.45. The molecule has 0 saturated carbocycles. The van der Waals surface area contributed by atoms with E-state index in [9.17, 15) is 19.5 Å². The maximum absolute atomic E-state index is 14.0. The number of alkyl carbamates (subject to hydrolysis) is 1. The third-order valence-corrected chi connectivity index (χ3v) is 7.30. The van der Waals surface area contributed by atoms with Crippen molar-refractivity contribution in [2.45, 2.75) is 24.9 Å². The zero-order valence-electron chi connectivity index (χ0n) is 22.1. The van der Waals surface area contributed by atoms with Gasteiger partial charge in [0.05, 0.1) is 0 Å². The first kappa shape index (κ1) is 26.7. The van der Waals surface area contributed by atoms with E-state index in [0.29, 0.717) is 5.56 Å². The van der Waals surface area contributed by atoms with Gasteiger partial charge in [0.25, 0.3) is 5.91 Å². The maximum Gasteiger partial charge on any atom is 0.408 e. The highest BCUT2D eigenvalue weighted by molar-refractivity contribution is 5.92. The molecule has 5 rings (SSSR count). The Balaban J connectivity index is 1.39. The second kappa shape index (κ2) is 11.5. The molecular formula is C33H30N2O5. The molecule has 40 heavy (non-hydrogen) atoms. The lowest BCUT2D eigenvalue weighted by molar-refractivity contribution is -0.148. The van der Waals surface area contributed by atoms with E-state index in [2.05, 4.69) is 17.4 Å². The minimum atomic E-state index is -1.58. The fraction of sp³-hybridized carbons (Fsp3) is 0.182. The number of ether oxygens (including phenoxy) is 1. The summed E-state index contributed by atoms with van der Waals surface area (Å²) >= 11 is 0. The average Bonchev–Trinajstić information content (AvgIpc) is 3.29. The van der Waals surface area contributed by atoms with Crippen LogP contribution in [0.1, 0.15) is 35.1 Å². The van der Waals surface area contributed by atoms with Gasteiger partial charge in [0, 0.05) is 12.5 Å². The van der Waals surface area contributed by atoms with Crippen molar-refractivity contribution in [2.75, 3.05) is 13.2 Å². The Hall–Kier alpha value is -4.91. The number of aliphatic carboxylic acids is 1. The molecule has 4 aromatic rings. The Morgan fingerprint density at radius 3 is 1.90 bits per heavy atom. The highest BCUT2D eigenvalue weighted by Gasteiger charge is 2.41. The second-order valence-electron chi connectivity index (χ2n) is 9.98. The molecule has 0 saturated heterocycles. The predicted molar refractivity (Wildman–Crippen MR) is 151 cm³/mol. The van der Waals surface area contributed by atoms with Crippen molar-refractivity contribution < 1.29 is 24.2 Å². The monoisotopic (exact) mass is 534 g/mol. The van der Waals surface area contributed by atoms with E-state index in [1.54, 1.807) is 37.3 Å². The molecule has 0 heterocycles. The van der Waals surface area contributed by atoms with Gasteiger partial charge in [-0.3, -0.25) is 9.59 Å². The average molecular weight is 535 g/mol. The standard InChI is InChI=1S/C33H30N2O5/c1-33(24-14-6-3-7-15-24,31(38)35(21-30(36)37)20-23-12-4-2-5-13-23)34-32(39)40-22-29-27-18-10-8-16-25(27)26-17-9-11-19-28(26)29/h2-19,29H,20-22H2,1H3,(H,34,39)(H,36,37). The topological polar surface area (TPSA) is 95.9 Å². The molecule has 7 heteroatoms. The maximum atomic E-state index is 14.0. The molecule has 7 nitrogen and oxygen atoms in total. The molecule has 0 radical (unpaired) electrons. The van der Waals surface area contributed by atoms with Gasteiger partial charge in [-0.25, -0.2) is 4.79 Å². The molecule has 0 bridgehead atoms. The fourth-order valence-corrected chi connectivity index (χ4v) is 5.34. The van der Waals surface area contributed by atoms with Crippen molar-refractivity contribution in [2.24, 2.45) is 0 Å². The number of rotatable bonds is 9. The Morgan fingerprint density at radius 2 is 1.32 bits per heavy atom. The summed E-state index contributed by atoms with van der Waals surface area (Å²) in [6, 6.07) is 34.0. The zero-order chi connectivity index (χ0) is 28.1. The van der Waals surface area contributed by atoms with Gasteiger partial charge in [0.1, 0.15) is 18.7 Å². The van der Waals surface area contributed by atoms with Gasteiger partial charge in [-0.05, 0) is 40.3 Å². The molecule has 2 N–H and O–H groups in total. The van der Waals surface area contributed by atoms with Crippen LogP contribution in [0.3, 0.4) is 0 Å². The molecule has 0 aromatic heterocycles.